The molecule has 2 aromatic rings. The number of aryl methyl sites for hydroxylation is 1. The fourth-order valence-electron chi connectivity index (χ4n) is 2.37. The molecule has 0 bridgehead atoms. The number of hydrogen-bond acceptors (Lipinski definition) is 3. The fraction of sp³-hybridized carbons (Fsp3) is 0.118. The standard InChI is InChI=1S/C16H12O2.CH2O/c1-2-10-7-8-13-14(9-10)16(18)12-6-4-3-5-11(12)15(13)17;1-2/h3-9H,2H2,1H3;1H2. The maximum Gasteiger partial charge on any atom is 0.194 e. The number of benzene rings is 2. The molecule has 100 valence electrons. The topological polar surface area (TPSA) is 51.2 Å². The van der Waals surface area contributed by atoms with E-state index >= 15 is 0 Å². The summed E-state index contributed by atoms with van der Waals surface area (Å²) in [4.78, 5) is 32.7. The van der Waals surface area contributed by atoms with E-state index in [-0.39, 0.29) is 11.6 Å². The summed E-state index contributed by atoms with van der Waals surface area (Å²) in [5, 5.41) is 0. The monoisotopic (exact) mass is 266 g/mol. The molecule has 3 heteroatoms. The van der Waals surface area contributed by atoms with Gasteiger partial charge < -0.3 is 4.79 Å². The van der Waals surface area contributed by atoms with E-state index in [9.17, 15) is 9.59 Å². The van der Waals surface area contributed by atoms with Crippen LogP contribution < -0.4 is 0 Å². The normalized spacial score (nSPS) is 12.1. The van der Waals surface area contributed by atoms with Gasteiger partial charge in [0.1, 0.15) is 6.79 Å². The van der Waals surface area contributed by atoms with Gasteiger partial charge in [-0.3, -0.25) is 9.59 Å². The SMILES string of the molecule is C=O.CCc1ccc2c(c1)C(=O)c1ccccc1C2=O. The van der Waals surface area contributed by atoms with Crippen molar-refractivity contribution >= 4 is 18.4 Å². The van der Waals surface area contributed by atoms with Gasteiger partial charge in [-0.2, -0.15) is 0 Å². The van der Waals surface area contributed by atoms with Gasteiger partial charge in [0.15, 0.2) is 11.6 Å². The van der Waals surface area contributed by atoms with Gasteiger partial charge in [-0.15, -0.1) is 0 Å². The van der Waals surface area contributed by atoms with Crippen molar-refractivity contribution in [3.8, 4) is 0 Å². The van der Waals surface area contributed by atoms with E-state index in [1.165, 1.54) is 0 Å². The van der Waals surface area contributed by atoms with E-state index in [1.807, 2.05) is 25.8 Å². The van der Waals surface area contributed by atoms with Gasteiger partial charge in [0.25, 0.3) is 0 Å². The van der Waals surface area contributed by atoms with E-state index in [0.29, 0.717) is 22.3 Å². The van der Waals surface area contributed by atoms with Crippen LogP contribution in [0.25, 0.3) is 0 Å². The number of carbonyl (C=O) groups is 3. The third kappa shape index (κ3) is 2.07. The van der Waals surface area contributed by atoms with Crippen LogP contribution in [0.2, 0.25) is 0 Å². The summed E-state index contributed by atoms with van der Waals surface area (Å²) in [6.45, 7) is 4.03. The van der Waals surface area contributed by atoms with Gasteiger partial charge in [0, 0.05) is 22.3 Å². The highest BCUT2D eigenvalue weighted by Gasteiger charge is 2.28. The average molecular weight is 266 g/mol. The summed E-state index contributed by atoms with van der Waals surface area (Å²) in [7, 11) is 0. The molecule has 0 radical (unpaired) electrons. The molecule has 0 aliphatic heterocycles. The van der Waals surface area contributed by atoms with Gasteiger partial charge in [-0.05, 0) is 18.1 Å². The molecule has 0 unspecified atom stereocenters. The number of carbonyl (C=O) groups excluding carboxylic acids is 3. The molecule has 0 saturated carbocycles. The maximum absolute atomic E-state index is 12.4. The third-order valence-corrected chi connectivity index (χ3v) is 3.40. The highest BCUT2D eigenvalue weighted by molar-refractivity contribution is 6.28. The lowest BCUT2D eigenvalue weighted by Gasteiger charge is -2.17. The number of ketones is 2. The van der Waals surface area contributed by atoms with Crippen LogP contribution in [0.4, 0.5) is 0 Å². The summed E-state index contributed by atoms with van der Waals surface area (Å²) in [5.74, 6) is -0.0987. The van der Waals surface area contributed by atoms with Crippen LogP contribution in [-0.4, -0.2) is 18.4 Å². The smallest absolute Gasteiger partial charge is 0.194 e. The Hall–Kier alpha value is -2.55. The fourth-order valence-corrected chi connectivity index (χ4v) is 2.37. The van der Waals surface area contributed by atoms with Crippen molar-refractivity contribution in [2.75, 3.05) is 0 Å². The van der Waals surface area contributed by atoms with E-state index in [4.69, 9.17) is 4.79 Å². The molecular formula is C17H14O3. The highest BCUT2D eigenvalue weighted by atomic mass is 16.1. The molecule has 3 nitrogen and oxygen atoms in total. The second-order valence-electron chi connectivity index (χ2n) is 4.44. The Balaban J connectivity index is 0.000000704. The van der Waals surface area contributed by atoms with E-state index < -0.39 is 0 Å². The quantitative estimate of drug-likeness (QED) is 0.680. The molecular weight excluding hydrogens is 252 g/mol. The van der Waals surface area contributed by atoms with Gasteiger partial charge >= 0.3 is 0 Å². The predicted octanol–water partition coefficient (Wildman–Crippen LogP) is 2.84. The Morgan fingerprint density at radius 3 is 1.85 bits per heavy atom. The number of hydrogen-bond donors (Lipinski definition) is 0. The molecule has 20 heavy (non-hydrogen) atoms. The molecule has 0 N–H and O–H groups in total. The molecule has 2 aromatic carbocycles. The zero-order chi connectivity index (χ0) is 14.7. The Labute approximate surface area is 117 Å². The van der Waals surface area contributed by atoms with Gasteiger partial charge in [-0.1, -0.05) is 43.3 Å². The first-order chi connectivity index (χ1) is 9.72. The summed E-state index contributed by atoms with van der Waals surface area (Å²) in [6, 6.07) is 12.5. The largest absolute Gasteiger partial charge is 0.307 e. The molecule has 0 aromatic heterocycles. The van der Waals surface area contributed by atoms with Crippen LogP contribution in [-0.2, 0) is 11.2 Å². The molecule has 0 heterocycles. The van der Waals surface area contributed by atoms with Gasteiger partial charge in [0.2, 0.25) is 0 Å². The molecule has 0 amide bonds. The Morgan fingerprint density at radius 1 is 0.800 bits per heavy atom. The highest BCUT2D eigenvalue weighted by Crippen LogP contribution is 2.27. The third-order valence-electron chi connectivity index (χ3n) is 3.40. The number of rotatable bonds is 1. The van der Waals surface area contributed by atoms with Gasteiger partial charge in [-0.25, -0.2) is 0 Å². The van der Waals surface area contributed by atoms with Crippen LogP contribution >= 0.6 is 0 Å². The summed E-state index contributed by atoms with van der Waals surface area (Å²) >= 11 is 0. The molecule has 1 aliphatic rings. The van der Waals surface area contributed by atoms with Crippen molar-refractivity contribution in [1.29, 1.82) is 0 Å². The maximum atomic E-state index is 12.4. The van der Waals surface area contributed by atoms with Crippen molar-refractivity contribution in [3.63, 3.8) is 0 Å². The van der Waals surface area contributed by atoms with Crippen molar-refractivity contribution < 1.29 is 14.4 Å². The minimum absolute atomic E-state index is 0.0458. The molecule has 0 spiro atoms. The van der Waals surface area contributed by atoms with Crippen molar-refractivity contribution in [3.05, 3.63) is 70.3 Å². The zero-order valence-corrected chi connectivity index (χ0v) is 11.2. The minimum Gasteiger partial charge on any atom is -0.307 e. The number of fused-ring (bicyclic) bond motifs is 2. The van der Waals surface area contributed by atoms with Crippen LogP contribution in [0.15, 0.2) is 42.5 Å². The van der Waals surface area contributed by atoms with E-state index in [1.54, 1.807) is 30.3 Å². The molecule has 1 aliphatic carbocycles. The minimum atomic E-state index is -0.0529. The van der Waals surface area contributed by atoms with Crippen LogP contribution in [0.5, 0.6) is 0 Å². The second kappa shape index (κ2) is 5.61. The van der Waals surface area contributed by atoms with Crippen molar-refractivity contribution in [1.82, 2.24) is 0 Å². The first-order valence-electron chi connectivity index (χ1n) is 6.32. The lowest BCUT2D eigenvalue weighted by molar-refractivity contribution is -0.0980. The van der Waals surface area contributed by atoms with Gasteiger partial charge in [0.05, 0.1) is 0 Å². The Bertz CT molecular complexity index is 686. The summed E-state index contributed by atoms with van der Waals surface area (Å²) in [5.41, 5.74) is 3.17. The second-order valence-corrected chi connectivity index (χ2v) is 4.44. The lowest BCUT2D eigenvalue weighted by Crippen LogP contribution is -2.20. The van der Waals surface area contributed by atoms with Crippen LogP contribution in [0.1, 0.15) is 44.3 Å². The predicted molar refractivity (Wildman–Crippen MR) is 76.2 cm³/mol. The Morgan fingerprint density at radius 2 is 1.30 bits per heavy atom. The summed E-state index contributed by atoms with van der Waals surface area (Å²) < 4.78 is 0. The molecule has 0 saturated heterocycles. The van der Waals surface area contributed by atoms with Crippen LogP contribution in [0, 0.1) is 0 Å². The zero-order valence-electron chi connectivity index (χ0n) is 11.2. The first-order valence-corrected chi connectivity index (χ1v) is 6.32. The molecule has 0 fully saturated rings. The van der Waals surface area contributed by atoms with Crippen molar-refractivity contribution in [2.45, 2.75) is 13.3 Å². The Kier molecular flexibility index (Phi) is 3.89. The first kappa shape index (κ1) is 13.9. The van der Waals surface area contributed by atoms with E-state index in [2.05, 4.69) is 0 Å². The molecule has 3 rings (SSSR count). The van der Waals surface area contributed by atoms with Crippen molar-refractivity contribution in [2.24, 2.45) is 0 Å². The molecule has 0 atom stereocenters. The average Bonchev–Trinajstić information content (AvgIpc) is 2.54. The van der Waals surface area contributed by atoms with E-state index in [0.717, 1.165) is 12.0 Å². The summed E-state index contributed by atoms with van der Waals surface area (Å²) in [6.07, 6.45) is 0.858. The van der Waals surface area contributed by atoms with Crippen LogP contribution in [0.3, 0.4) is 0 Å². The lowest BCUT2D eigenvalue weighted by atomic mass is 9.83.